The van der Waals surface area contributed by atoms with Gasteiger partial charge in [-0.1, -0.05) is 0 Å². The van der Waals surface area contributed by atoms with Crippen molar-refractivity contribution in [1.29, 1.82) is 0 Å². The lowest BCUT2D eigenvalue weighted by atomic mass is 10.2. The summed E-state index contributed by atoms with van der Waals surface area (Å²) in [5, 5.41) is 6.71. The van der Waals surface area contributed by atoms with Gasteiger partial charge in [-0.2, -0.15) is 13.9 Å². The molecule has 128 valence electrons. The summed E-state index contributed by atoms with van der Waals surface area (Å²) in [6.07, 6.45) is -13.3. The van der Waals surface area contributed by atoms with Crippen LogP contribution in [0.5, 0.6) is 5.75 Å². The largest absolute Gasteiger partial charge is 0.525 e. The maximum absolute atomic E-state index is 13.1. The number of ether oxygens (including phenoxy) is 2. The minimum atomic E-state index is -5.57. The van der Waals surface area contributed by atoms with Crippen LogP contribution in [0.2, 0.25) is 0 Å². The first-order chi connectivity index (χ1) is 10.5. The van der Waals surface area contributed by atoms with Crippen LogP contribution >= 0.6 is 0 Å². The van der Waals surface area contributed by atoms with E-state index in [0.717, 1.165) is 18.3 Å². The SMILES string of the molecule is NC(N)=NN=Cc1ccc(OC(F)(F)C(F)OC(F)(F)F)cc1. The van der Waals surface area contributed by atoms with E-state index in [4.69, 9.17) is 11.5 Å². The molecule has 4 N–H and O–H groups in total. The molecule has 0 heterocycles. The minimum absolute atomic E-state index is 0.306. The van der Waals surface area contributed by atoms with Gasteiger partial charge in [0.1, 0.15) is 5.75 Å². The van der Waals surface area contributed by atoms with Crippen molar-refractivity contribution in [3.05, 3.63) is 29.8 Å². The zero-order valence-corrected chi connectivity index (χ0v) is 11.1. The Bertz CT molecular complexity index is 569. The predicted molar refractivity (Wildman–Crippen MR) is 67.5 cm³/mol. The molecule has 0 spiro atoms. The van der Waals surface area contributed by atoms with E-state index in [1.165, 1.54) is 12.1 Å². The lowest BCUT2D eigenvalue weighted by Crippen LogP contribution is -2.41. The van der Waals surface area contributed by atoms with Gasteiger partial charge in [0.2, 0.25) is 5.96 Å². The Morgan fingerprint density at radius 2 is 1.65 bits per heavy atom. The van der Waals surface area contributed by atoms with Gasteiger partial charge in [0.25, 0.3) is 0 Å². The molecule has 1 unspecified atom stereocenters. The number of alkyl halides is 6. The molecule has 0 amide bonds. The Hall–Kier alpha value is -2.50. The summed E-state index contributed by atoms with van der Waals surface area (Å²) in [5.41, 5.74) is 10.4. The van der Waals surface area contributed by atoms with Gasteiger partial charge in [-0.3, -0.25) is 0 Å². The molecule has 23 heavy (non-hydrogen) atoms. The smallest absolute Gasteiger partial charge is 0.429 e. The van der Waals surface area contributed by atoms with Gasteiger partial charge in [0.05, 0.1) is 6.21 Å². The van der Waals surface area contributed by atoms with Crippen LogP contribution in [0.4, 0.5) is 26.3 Å². The molecule has 0 saturated heterocycles. The van der Waals surface area contributed by atoms with Crippen LogP contribution < -0.4 is 16.2 Å². The van der Waals surface area contributed by atoms with Crippen molar-refractivity contribution in [1.82, 2.24) is 0 Å². The first kappa shape index (κ1) is 18.5. The first-order valence-corrected chi connectivity index (χ1v) is 5.67. The van der Waals surface area contributed by atoms with Crippen LogP contribution in [-0.2, 0) is 4.74 Å². The Labute approximate surface area is 125 Å². The maximum atomic E-state index is 13.1. The summed E-state index contributed by atoms with van der Waals surface area (Å²) in [5.74, 6) is -0.901. The van der Waals surface area contributed by atoms with Crippen LogP contribution in [0.15, 0.2) is 34.5 Å². The van der Waals surface area contributed by atoms with Gasteiger partial charge in [0, 0.05) is 0 Å². The number of halogens is 6. The Kier molecular flexibility index (Phi) is 5.79. The molecular formula is C11H10F6N4O2. The van der Waals surface area contributed by atoms with Crippen LogP contribution in [-0.4, -0.2) is 31.0 Å². The topological polar surface area (TPSA) is 95.2 Å². The second-order valence-electron chi connectivity index (χ2n) is 3.88. The lowest BCUT2D eigenvalue weighted by Gasteiger charge is -2.22. The molecular weight excluding hydrogens is 334 g/mol. The van der Waals surface area contributed by atoms with E-state index in [0.29, 0.717) is 5.56 Å². The van der Waals surface area contributed by atoms with Gasteiger partial charge in [-0.05, 0) is 29.8 Å². The quantitative estimate of drug-likeness (QED) is 0.358. The Morgan fingerprint density at radius 1 is 1.09 bits per heavy atom. The van der Waals surface area contributed by atoms with E-state index in [-0.39, 0.29) is 5.96 Å². The summed E-state index contributed by atoms with van der Waals surface area (Å²) in [6.45, 7) is 0. The predicted octanol–water partition coefficient (Wildman–Crippen LogP) is 2.10. The van der Waals surface area contributed by atoms with Crippen LogP contribution in [0.25, 0.3) is 0 Å². The number of nitrogens with zero attached hydrogens (tertiary/aromatic N) is 2. The number of rotatable bonds is 6. The summed E-state index contributed by atoms with van der Waals surface area (Å²) >= 11 is 0. The molecule has 1 atom stereocenters. The van der Waals surface area contributed by atoms with Gasteiger partial charge in [-0.25, -0.2) is 9.13 Å². The Balaban J connectivity index is 2.73. The highest BCUT2D eigenvalue weighted by atomic mass is 19.4. The van der Waals surface area contributed by atoms with Gasteiger partial charge >= 0.3 is 18.8 Å². The number of hydrogen-bond donors (Lipinski definition) is 2. The molecule has 0 aliphatic heterocycles. The highest BCUT2D eigenvalue weighted by Gasteiger charge is 2.50. The molecule has 1 rings (SSSR count). The third kappa shape index (κ3) is 6.86. The van der Waals surface area contributed by atoms with Crippen LogP contribution in [0, 0.1) is 0 Å². The minimum Gasteiger partial charge on any atom is -0.429 e. The molecule has 0 radical (unpaired) electrons. The van der Waals surface area contributed by atoms with E-state index in [9.17, 15) is 26.3 Å². The maximum Gasteiger partial charge on any atom is 0.525 e. The van der Waals surface area contributed by atoms with Crippen molar-refractivity contribution in [2.24, 2.45) is 21.7 Å². The van der Waals surface area contributed by atoms with Crippen molar-refractivity contribution in [2.75, 3.05) is 0 Å². The summed E-state index contributed by atoms with van der Waals surface area (Å²) in [4.78, 5) is 0. The third-order valence-corrected chi connectivity index (χ3v) is 2.02. The van der Waals surface area contributed by atoms with Crippen molar-refractivity contribution < 1.29 is 35.8 Å². The van der Waals surface area contributed by atoms with E-state index in [1.54, 1.807) is 0 Å². The third-order valence-electron chi connectivity index (χ3n) is 2.02. The summed E-state index contributed by atoms with van der Waals surface area (Å²) in [6, 6.07) is 4.31. The van der Waals surface area contributed by atoms with Crippen LogP contribution in [0.1, 0.15) is 5.56 Å². The molecule has 1 aromatic carbocycles. The van der Waals surface area contributed by atoms with E-state index >= 15 is 0 Å². The first-order valence-electron chi connectivity index (χ1n) is 5.67. The molecule has 12 heteroatoms. The van der Waals surface area contributed by atoms with E-state index in [1.807, 2.05) is 0 Å². The molecule has 0 aliphatic rings. The van der Waals surface area contributed by atoms with Crippen molar-refractivity contribution in [3.63, 3.8) is 0 Å². The fraction of sp³-hybridized carbons (Fsp3) is 0.273. The molecule has 0 aliphatic carbocycles. The van der Waals surface area contributed by atoms with Crippen molar-refractivity contribution in [3.8, 4) is 5.75 Å². The second-order valence-corrected chi connectivity index (χ2v) is 3.88. The monoisotopic (exact) mass is 344 g/mol. The zero-order chi connectivity index (χ0) is 17.7. The van der Waals surface area contributed by atoms with Crippen molar-refractivity contribution >= 4 is 12.2 Å². The fourth-order valence-corrected chi connectivity index (χ4v) is 1.17. The molecule has 0 bridgehead atoms. The average Bonchev–Trinajstić information content (AvgIpc) is 2.38. The number of hydrogen-bond acceptors (Lipinski definition) is 4. The molecule has 0 aromatic heterocycles. The Morgan fingerprint density at radius 3 is 2.13 bits per heavy atom. The van der Waals surface area contributed by atoms with E-state index < -0.39 is 24.6 Å². The highest BCUT2D eigenvalue weighted by molar-refractivity contribution is 5.81. The average molecular weight is 344 g/mol. The number of nitrogens with two attached hydrogens (primary N) is 2. The van der Waals surface area contributed by atoms with Gasteiger partial charge < -0.3 is 16.2 Å². The molecule has 0 fully saturated rings. The highest BCUT2D eigenvalue weighted by Crippen LogP contribution is 2.31. The normalized spacial score (nSPS) is 13.8. The van der Waals surface area contributed by atoms with Crippen molar-refractivity contribution in [2.45, 2.75) is 18.8 Å². The lowest BCUT2D eigenvalue weighted by molar-refractivity contribution is -0.411. The molecule has 0 saturated carbocycles. The van der Waals surface area contributed by atoms with E-state index in [2.05, 4.69) is 19.7 Å². The fourth-order valence-electron chi connectivity index (χ4n) is 1.17. The summed E-state index contributed by atoms with van der Waals surface area (Å²) < 4.78 is 80.6. The molecule has 1 aromatic rings. The second kappa shape index (κ2) is 7.17. The van der Waals surface area contributed by atoms with Gasteiger partial charge in [0.15, 0.2) is 0 Å². The standard InChI is InChI=1S/C11H10F6N4O2/c12-8(23-11(15,16)17)10(13,14)22-7-3-1-6(2-4-7)5-20-21-9(18)19/h1-5,8H,(H4,18,19,21). The van der Waals surface area contributed by atoms with Crippen LogP contribution in [0.3, 0.4) is 0 Å². The van der Waals surface area contributed by atoms with Gasteiger partial charge in [-0.15, -0.1) is 18.3 Å². The number of guanidine groups is 1. The zero-order valence-electron chi connectivity index (χ0n) is 11.1. The summed E-state index contributed by atoms with van der Waals surface area (Å²) in [7, 11) is 0. The number of benzene rings is 1. The molecule has 6 nitrogen and oxygen atoms in total.